The number of nitrogens with zero attached hydrogens (tertiary/aromatic N) is 1. The highest BCUT2D eigenvalue weighted by Gasteiger charge is 2.36. The van der Waals surface area contributed by atoms with E-state index in [9.17, 15) is 18.0 Å². The average Bonchev–Trinajstić information content (AvgIpc) is 3.52. The van der Waals surface area contributed by atoms with Crippen molar-refractivity contribution in [3.8, 4) is 0 Å². The van der Waals surface area contributed by atoms with E-state index in [-0.39, 0.29) is 29.0 Å². The molecule has 0 aromatic heterocycles. The molecule has 7 heteroatoms. The molecule has 3 rings (SSSR count). The summed E-state index contributed by atoms with van der Waals surface area (Å²) in [5, 5.41) is 2.99. The fourth-order valence-electron chi connectivity index (χ4n) is 5.24. The van der Waals surface area contributed by atoms with E-state index in [1.165, 1.54) is 0 Å². The molecule has 0 radical (unpaired) electrons. The maximum Gasteiger partial charge on any atom is 0.225 e. The van der Waals surface area contributed by atoms with Gasteiger partial charge in [0.15, 0.2) is 9.84 Å². The first-order valence-electron chi connectivity index (χ1n) is 12.0. The van der Waals surface area contributed by atoms with Gasteiger partial charge in [-0.05, 0) is 82.5 Å². The van der Waals surface area contributed by atoms with Crippen molar-refractivity contribution in [2.24, 2.45) is 17.8 Å². The second kappa shape index (κ2) is 10.5. The van der Waals surface area contributed by atoms with Gasteiger partial charge in [0.1, 0.15) is 0 Å². The van der Waals surface area contributed by atoms with E-state index < -0.39 is 9.84 Å². The van der Waals surface area contributed by atoms with Gasteiger partial charge in [-0.15, -0.1) is 0 Å². The number of hydrogen-bond acceptors (Lipinski definition) is 4. The normalized spacial score (nSPS) is 29.9. The number of amides is 2. The fourth-order valence-corrected chi connectivity index (χ4v) is 7.49. The standard InChI is InChI=1S/C23H40N2O4S/c1-3-14-25(2)23(27)19-8-10-20(11-9-19)24-22(26)15-17-6-12-21(13-7-17)30(28,29)16-18-4-5-18/h17-21H,3-16H2,1-2H3,(H,24,26). The van der Waals surface area contributed by atoms with E-state index in [4.69, 9.17) is 0 Å². The Kier molecular flexibility index (Phi) is 8.22. The second-order valence-corrected chi connectivity index (χ2v) is 12.3. The van der Waals surface area contributed by atoms with Crippen molar-refractivity contribution < 1.29 is 18.0 Å². The van der Waals surface area contributed by atoms with Crippen LogP contribution in [0.2, 0.25) is 0 Å². The maximum atomic E-state index is 12.5. The van der Waals surface area contributed by atoms with Crippen LogP contribution in [0, 0.1) is 17.8 Å². The van der Waals surface area contributed by atoms with E-state index in [2.05, 4.69) is 12.2 Å². The Morgan fingerprint density at radius 1 is 0.900 bits per heavy atom. The average molecular weight is 441 g/mol. The third kappa shape index (κ3) is 6.69. The van der Waals surface area contributed by atoms with Crippen LogP contribution in [0.15, 0.2) is 0 Å². The van der Waals surface area contributed by atoms with Crippen LogP contribution in [-0.2, 0) is 19.4 Å². The van der Waals surface area contributed by atoms with Gasteiger partial charge in [-0.3, -0.25) is 9.59 Å². The lowest BCUT2D eigenvalue weighted by Crippen LogP contribution is -2.42. The van der Waals surface area contributed by atoms with Crippen LogP contribution in [0.25, 0.3) is 0 Å². The number of hydrogen-bond donors (Lipinski definition) is 1. The third-order valence-corrected chi connectivity index (χ3v) is 9.74. The van der Waals surface area contributed by atoms with Crippen molar-refractivity contribution in [3.05, 3.63) is 0 Å². The Hall–Kier alpha value is -1.11. The fraction of sp³-hybridized carbons (Fsp3) is 0.913. The van der Waals surface area contributed by atoms with Gasteiger partial charge in [-0.2, -0.15) is 0 Å². The zero-order valence-corrected chi connectivity index (χ0v) is 19.6. The Morgan fingerprint density at radius 2 is 1.50 bits per heavy atom. The van der Waals surface area contributed by atoms with Crippen LogP contribution in [0.1, 0.15) is 84.0 Å². The lowest BCUT2D eigenvalue weighted by molar-refractivity contribution is -0.135. The number of nitrogens with one attached hydrogen (secondary N) is 1. The van der Waals surface area contributed by atoms with Crippen LogP contribution < -0.4 is 5.32 Å². The highest BCUT2D eigenvalue weighted by atomic mass is 32.2. The van der Waals surface area contributed by atoms with Crippen molar-refractivity contribution in [3.63, 3.8) is 0 Å². The monoisotopic (exact) mass is 440 g/mol. The molecule has 1 N–H and O–H groups in total. The molecule has 3 saturated carbocycles. The molecule has 0 aromatic carbocycles. The highest BCUT2D eigenvalue weighted by Crippen LogP contribution is 2.36. The van der Waals surface area contributed by atoms with Crippen molar-refractivity contribution in [1.29, 1.82) is 0 Å². The van der Waals surface area contributed by atoms with Gasteiger partial charge in [0.2, 0.25) is 11.8 Å². The van der Waals surface area contributed by atoms with Crippen LogP contribution >= 0.6 is 0 Å². The first kappa shape index (κ1) is 23.6. The van der Waals surface area contributed by atoms with E-state index in [1.807, 2.05) is 11.9 Å². The summed E-state index contributed by atoms with van der Waals surface area (Å²) in [6.45, 7) is 2.88. The maximum absolute atomic E-state index is 12.5. The largest absolute Gasteiger partial charge is 0.353 e. The Morgan fingerprint density at radius 3 is 2.07 bits per heavy atom. The van der Waals surface area contributed by atoms with E-state index >= 15 is 0 Å². The Bertz CT molecular complexity index is 688. The number of carbonyl (C=O) groups excluding carboxylic acids is 2. The molecule has 30 heavy (non-hydrogen) atoms. The molecule has 6 nitrogen and oxygen atoms in total. The predicted molar refractivity (Wildman–Crippen MR) is 119 cm³/mol. The van der Waals surface area contributed by atoms with Gasteiger partial charge < -0.3 is 10.2 Å². The molecule has 0 unspecified atom stereocenters. The molecule has 3 fully saturated rings. The van der Waals surface area contributed by atoms with Crippen molar-refractivity contribution >= 4 is 21.7 Å². The summed E-state index contributed by atoms with van der Waals surface area (Å²) in [5.41, 5.74) is 0. The Labute approximate surface area is 182 Å². The molecule has 3 aliphatic rings. The van der Waals surface area contributed by atoms with Crippen molar-refractivity contribution in [1.82, 2.24) is 10.2 Å². The zero-order chi connectivity index (χ0) is 21.7. The molecule has 0 bridgehead atoms. The third-order valence-electron chi connectivity index (χ3n) is 7.32. The minimum atomic E-state index is -2.95. The molecule has 0 atom stereocenters. The summed E-state index contributed by atoms with van der Waals surface area (Å²) in [6, 6.07) is 0.174. The lowest BCUT2D eigenvalue weighted by atomic mass is 9.84. The van der Waals surface area contributed by atoms with Gasteiger partial charge in [0.05, 0.1) is 11.0 Å². The summed E-state index contributed by atoms with van der Waals surface area (Å²) in [4.78, 5) is 26.8. The molecule has 0 spiro atoms. The summed E-state index contributed by atoms with van der Waals surface area (Å²) < 4.78 is 24.9. The molecular weight excluding hydrogens is 400 g/mol. The minimum absolute atomic E-state index is 0.0946. The molecule has 2 amide bonds. The molecule has 0 aromatic rings. The molecular formula is C23H40N2O4S. The molecule has 3 aliphatic carbocycles. The van der Waals surface area contributed by atoms with Crippen LogP contribution in [0.5, 0.6) is 0 Å². The topological polar surface area (TPSA) is 83.6 Å². The summed E-state index contributed by atoms with van der Waals surface area (Å²) in [7, 11) is -1.07. The van der Waals surface area contributed by atoms with Crippen LogP contribution in [0.4, 0.5) is 0 Å². The summed E-state index contributed by atoms with van der Waals surface area (Å²) in [6.07, 6.45) is 10.2. The summed E-state index contributed by atoms with van der Waals surface area (Å²) >= 11 is 0. The quantitative estimate of drug-likeness (QED) is 0.596. The lowest BCUT2D eigenvalue weighted by Gasteiger charge is -2.32. The predicted octanol–water partition coefficient (Wildman–Crippen LogP) is 3.30. The Balaban J connectivity index is 1.34. The number of rotatable bonds is 9. The van der Waals surface area contributed by atoms with Gasteiger partial charge in [0.25, 0.3) is 0 Å². The van der Waals surface area contributed by atoms with Gasteiger partial charge in [0, 0.05) is 32.0 Å². The molecule has 0 aliphatic heterocycles. The molecule has 0 saturated heterocycles. The summed E-state index contributed by atoms with van der Waals surface area (Å²) in [5.74, 6) is 1.53. The van der Waals surface area contributed by atoms with Crippen LogP contribution in [0.3, 0.4) is 0 Å². The van der Waals surface area contributed by atoms with Gasteiger partial charge in [-0.1, -0.05) is 6.92 Å². The second-order valence-electron chi connectivity index (χ2n) is 10.00. The van der Waals surface area contributed by atoms with Crippen molar-refractivity contribution in [2.45, 2.75) is 95.3 Å². The zero-order valence-electron chi connectivity index (χ0n) is 18.8. The van der Waals surface area contributed by atoms with E-state index in [0.717, 1.165) is 64.3 Å². The van der Waals surface area contributed by atoms with Gasteiger partial charge in [-0.25, -0.2) is 8.42 Å². The molecule has 172 valence electrons. The highest BCUT2D eigenvalue weighted by molar-refractivity contribution is 7.92. The number of carbonyl (C=O) groups is 2. The number of sulfone groups is 1. The van der Waals surface area contributed by atoms with E-state index in [1.54, 1.807) is 0 Å². The first-order valence-corrected chi connectivity index (χ1v) is 13.8. The molecule has 0 heterocycles. The van der Waals surface area contributed by atoms with Crippen LogP contribution in [-0.4, -0.2) is 55.8 Å². The SMILES string of the molecule is CCCN(C)C(=O)C1CCC(NC(=O)CC2CCC(S(=O)(=O)CC3CC3)CC2)CC1. The first-order chi connectivity index (χ1) is 14.3. The smallest absolute Gasteiger partial charge is 0.225 e. The van der Waals surface area contributed by atoms with E-state index in [0.29, 0.717) is 36.9 Å². The van der Waals surface area contributed by atoms with Gasteiger partial charge >= 0.3 is 0 Å². The van der Waals surface area contributed by atoms with Crippen molar-refractivity contribution in [2.75, 3.05) is 19.3 Å². The minimum Gasteiger partial charge on any atom is -0.353 e.